The van der Waals surface area contributed by atoms with Crippen LogP contribution in [0.2, 0.25) is 0 Å². The van der Waals surface area contributed by atoms with Gasteiger partial charge in [-0.3, -0.25) is 9.78 Å². The molecule has 1 atom stereocenters. The lowest BCUT2D eigenvalue weighted by Gasteiger charge is -2.28. The van der Waals surface area contributed by atoms with Crippen molar-refractivity contribution >= 4 is 22.6 Å². The Morgan fingerprint density at radius 1 is 1.09 bits per heavy atom. The molecule has 0 spiro atoms. The first kappa shape index (κ1) is 22.2. The topological polar surface area (TPSA) is 97.9 Å². The molecule has 2 N–H and O–H groups in total. The molecule has 9 heteroatoms. The van der Waals surface area contributed by atoms with Crippen LogP contribution in [0, 0.1) is 6.92 Å². The summed E-state index contributed by atoms with van der Waals surface area (Å²) in [5.74, 6) is 0.628. The molecule has 0 saturated heterocycles. The SMILES string of the molecule is Cc1cc2cc(C(=O)N(Cc3ccc(C(F)F)cn3)C(C)c3ncccn3)ccc2nc1N. The first-order chi connectivity index (χ1) is 15.8. The third-order valence-corrected chi connectivity index (χ3v) is 5.41. The average molecular weight is 448 g/mol. The van der Waals surface area contributed by atoms with Crippen LogP contribution in [0.25, 0.3) is 10.9 Å². The lowest BCUT2D eigenvalue weighted by molar-refractivity contribution is 0.0663. The summed E-state index contributed by atoms with van der Waals surface area (Å²) in [5, 5.41) is 0.788. The quantitative estimate of drug-likeness (QED) is 0.461. The number of nitrogens with zero attached hydrogens (tertiary/aromatic N) is 5. The Labute approximate surface area is 189 Å². The summed E-state index contributed by atoms with van der Waals surface area (Å²) in [7, 11) is 0. The van der Waals surface area contributed by atoms with Crippen molar-refractivity contribution in [3.63, 3.8) is 0 Å². The normalized spacial score (nSPS) is 12.2. The number of halogens is 2. The van der Waals surface area contributed by atoms with Crippen molar-refractivity contribution < 1.29 is 13.6 Å². The molecular weight excluding hydrogens is 426 g/mol. The van der Waals surface area contributed by atoms with Crippen LogP contribution in [0.4, 0.5) is 14.6 Å². The molecule has 0 fully saturated rings. The molecule has 7 nitrogen and oxygen atoms in total. The van der Waals surface area contributed by atoms with E-state index >= 15 is 0 Å². The third-order valence-electron chi connectivity index (χ3n) is 5.41. The molecule has 0 bridgehead atoms. The Bertz CT molecular complexity index is 1280. The van der Waals surface area contributed by atoms with Crippen LogP contribution >= 0.6 is 0 Å². The zero-order valence-corrected chi connectivity index (χ0v) is 18.1. The van der Waals surface area contributed by atoms with Gasteiger partial charge in [-0.1, -0.05) is 0 Å². The Hall–Kier alpha value is -4.01. The molecule has 0 radical (unpaired) electrons. The van der Waals surface area contributed by atoms with Crippen molar-refractivity contribution in [2.45, 2.75) is 32.9 Å². The number of nitrogens with two attached hydrogens (primary N) is 1. The Morgan fingerprint density at radius 2 is 1.85 bits per heavy atom. The lowest BCUT2D eigenvalue weighted by Crippen LogP contribution is -2.34. The molecular formula is C24H22F2N6O. The zero-order chi connectivity index (χ0) is 23.5. The monoisotopic (exact) mass is 448 g/mol. The fourth-order valence-electron chi connectivity index (χ4n) is 3.48. The van der Waals surface area contributed by atoms with E-state index in [0.717, 1.165) is 17.1 Å². The maximum atomic E-state index is 13.6. The molecule has 0 aliphatic rings. The molecule has 3 aromatic heterocycles. The number of fused-ring (bicyclic) bond motifs is 1. The number of amides is 1. The van der Waals surface area contributed by atoms with E-state index in [2.05, 4.69) is 19.9 Å². The molecule has 0 aliphatic heterocycles. The van der Waals surface area contributed by atoms with Crippen molar-refractivity contribution in [2.24, 2.45) is 0 Å². The van der Waals surface area contributed by atoms with Gasteiger partial charge >= 0.3 is 0 Å². The van der Waals surface area contributed by atoms with Crippen LogP contribution in [0.1, 0.15) is 52.4 Å². The van der Waals surface area contributed by atoms with Gasteiger partial charge in [0.15, 0.2) is 0 Å². The number of anilines is 1. The summed E-state index contributed by atoms with van der Waals surface area (Å²) < 4.78 is 25.8. The predicted molar refractivity (Wildman–Crippen MR) is 120 cm³/mol. The molecule has 3 heterocycles. The summed E-state index contributed by atoms with van der Waals surface area (Å²) in [6.07, 6.45) is 1.73. The van der Waals surface area contributed by atoms with Gasteiger partial charge in [0, 0.05) is 35.1 Å². The minimum absolute atomic E-state index is 0.0961. The summed E-state index contributed by atoms with van der Waals surface area (Å²) >= 11 is 0. The fraction of sp³-hybridized carbons (Fsp3) is 0.208. The highest BCUT2D eigenvalue weighted by Gasteiger charge is 2.26. The van der Waals surface area contributed by atoms with Crippen LogP contribution in [0.15, 0.2) is 61.1 Å². The highest BCUT2D eigenvalue weighted by Crippen LogP contribution is 2.25. The van der Waals surface area contributed by atoms with Crippen LogP contribution < -0.4 is 5.73 Å². The molecule has 4 rings (SSSR count). The van der Waals surface area contributed by atoms with E-state index in [1.807, 2.05) is 19.9 Å². The third kappa shape index (κ3) is 4.77. The minimum Gasteiger partial charge on any atom is -0.383 e. The number of aromatic nitrogens is 4. The van der Waals surface area contributed by atoms with Gasteiger partial charge in [-0.25, -0.2) is 23.7 Å². The largest absolute Gasteiger partial charge is 0.383 e. The fourth-order valence-corrected chi connectivity index (χ4v) is 3.48. The summed E-state index contributed by atoms with van der Waals surface area (Å²) in [4.78, 5) is 32.2. The van der Waals surface area contributed by atoms with Crippen molar-refractivity contribution in [2.75, 3.05) is 5.73 Å². The van der Waals surface area contributed by atoms with Gasteiger partial charge < -0.3 is 10.6 Å². The molecule has 0 aliphatic carbocycles. The number of hydrogen-bond donors (Lipinski definition) is 1. The van der Waals surface area contributed by atoms with E-state index < -0.39 is 12.5 Å². The Morgan fingerprint density at radius 3 is 2.52 bits per heavy atom. The molecule has 1 aromatic carbocycles. The number of carbonyl (C=O) groups is 1. The van der Waals surface area contributed by atoms with E-state index in [9.17, 15) is 13.6 Å². The maximum Gasteiger partial charge on any atom is 0.265 e. The maximum absolute atomic E-state index is 13.6. The van der Waals surface area contributed by atoms with Crippen molar-refractivity contribution in [3.05, 3.63) is 89.3 Å². The number of alkyl halides is 2. The van der Waals surface area contributed by atoms with E-state index in [1.165, 1.54) is 12.1 Å². The minimum atomic E-state index is -2.61. The standard InChI is InChI=1S/C24H22F2N6O/c1-14-10-18-11-16(5-7-20(18)31-22(14)27)24(33)32(15(2)23-28-8-3-9-29-23)13-19-6-4-17(12-30-19)21(25)26/h3-12,15,21H,13H2,1-2H3,(H2,27,31). The summed E-state index contributed by atoms with van der Waals surface area (Å²) in [6.45, 7) is 3.76. The van der Waals surface area contributed by atoms with Crippen LogP contribution in [0.3, 0.4) is 0 Å². The zero-order valence-electron chi connectivity index (χ0n) is 18.1. The van der Waals surface area contributed by atoms with Crippen molar-refractivity contribution in [1.82, 2.24) is 24.8 Å². The van der Waals surface area contributed by atoms with Gasteiger partial charge in [0.05, 0.1) is 23.8 Å². The second-order valence-electron chi connectivity index (χ2n) is 7.70. The van der Waals surface area contributed by atoms with E-state index in [4.69, 9.17) is 5.73 Å². The molecule has 1 unspecified atom stereocenters. The Balaban J connectivity index is 1.70. The second-order valence-corrected chi connectivity index (χ2v) is 7.70. The molecule has 4 aromatic rings. The number of rotatable bonds is 6. The number of pyridine rings is 2. The van der Waals surface area contributed by atoms with Crippen LogP contribution in [-0.4, -0.2) is 30.7 Å². The number of carbonyl (C=O) groups excluding carboxylic acids is 1. The average Bonchev–Trinajstić information content (AvgIpc) is 2.83. The van der Waals surface area contributed by atoms with E-state index in [1.54, 1.807) is 41.6 Å². The second kappa shape index (κ2) is 9.23. The predicted octanol–water partition coefficient (Wildman–Crippen LogP) is 4.65. The van der Waals surface area contributed by atoms with Gasteiger partial charge in [-0.05, 0) is 61.9 Å². The van der Waals surface area contributed by atoms with Gasteiger partial charge in [0.2, 0.25) is 0 Å². The lowest BCUT2D eigenvalue weighted by atomic mass is 10.1. The van der Waals surface area contributed by atoms with Crippen molar-refractivity contribution in [3.8, 4) is 0 Å². The highest BCUT2D eigenvalue weighted by molar-refractivity contribution is 5.98. The molecule has 0 saturated carbocycles. The Kier molecular flexibility index (Phi) is 6.21. The van der Waals surface area contributed by atoms with E-state index in [0.29, 0.717) is 28.4 Å². The first-order valence-electron chi connectivity index (χ1n) is 10.3. The van der Waals surface area contributed by atoms with E-state index in [-0.39, 0.29) is 18.0 Å². The van der Waals surface area contributed by atoms with Crippen molar-refractivity contribution in [1.29, 1.82) is 0 Å². The molecule has 33 heavy (non-hydrogen) atoms. The number of nitrogen functional groups attached to an aromatic ring is 1. The molecule has 1 amide bonds. The first-order valence-corrected chi connectivity index (χ1v) is 10.3. The van der Waals surface area contributed by atoms with Gasteiger partial charge in [0.25, 0.3) is 12.3 Å². The summed E-state index contributed by atoms with van der Waals surface area (Å²) in [5.41, 5.74) is 8.15. The van der Waals surface area contributed by atoms with Gasteiger partial charge in [-0.15, -0.1) is 0 Å². The van der Waals surface area contributed by atoms with Crippen LogP contribution in [0.5, 0.6) is 0 Å². The van der Waals surface area contributed by atoms with Crippen LogP contribution in [-0.2, 0) is 6.54 Å². The van der Waals surface area contributed by atoms with Gasteiger partial charge in [-0.2, -0.15) is 0 Å². The smallest absolute Gasteiger partial charge is 0.265 e. The molecule has 168 valence electrons. The summed E-state index contributed by atoms with van der Waals surface area (Å²) in [6, 6.07) is 11.1. The number of hydrogen-bond acceptors (Lipinski definition) is 6. The number of aryl methyl sites for hydroxylation is 1. The highest BCUT2D eigenvalue weighted by atomic mass is 19.3. The number of benzene rings is 1. The van der Waals surface area contributed by atoms with Gasteiger partial charge in [0.1, 0.15) is 11.6 Å².